The van der Waals surface area contributed by atoms with Gasteiger partial charge in [0, 0.05) is 0 Å². The topological polar surface area (TPSA) is 77.8 Å². The summed E-state index contributed by atoms with van der Waals surface area (Å²) < 4.78 is 0. The monoisotopic (exact) mass is 472 g/mol. The minimum Gasteiger partial charge on any atom is -0.481 e. The van der Waals surface area contributed by atoms with E-state index in [1.807, 2.05) is 0 Å². The molecule has 0 unspecified atom stereocenters. The molecule has 0 aliphatic heterocycles. The number of carbonyl (C=O) groups is 1. The Kier molecular flexibility index (Phi) is 5.20. The number of aliphatic hydroxyl groups is 2. The number of hydrogen-bond donors (Lipinski definition) is 3. The number of hydrogen-bond acceptors (Lipinski definition) is 3. The molecule has 4 fully saturated rings. The van der Waals surface area contributed by atoms with Gasteiger partial charge in [0.1, 0.15) is 5.41 Å². The zero-order valence-electron chi connectivity index (χ0n) is 22.6. The molecule has 3 N–H and O–H groups in total. The molecule has 0 saturated heterocycles. The van der Waals surface area contributed by atoms with Gasteiger partial charge in [-0.25, -0.2) is 0 Å². The van der Waals surface area contributed by atoms with Crippen molar-refractivity contribution in [3.05, 3.63) is 11.6 Å². The molecule has 0 spiro atoms. The van der Waals surface area contributed by atoms with Crippen LogP contribution in [-0.2, 0) is 4.79 Å². The number of carboxylic acid groups (broad SMARTS) is 1. The van der Waals surface area contributed by atoms with Crippen molar-refractivity contribution in [3.8, 4) is 0 Å². The van der Waals surface area contributed by atoms with Crippen LogP contribution in [0.3, 0.4) is 0 Å². The number of allylic oxidation sites excluding steroid dienone is 2. The first-order valence-corrected chi connectivity index (χ1v) is 13.9. The number of fused-ring (bicyclic) bond motifs is 7. The molecule has 5 aliphatic rings. The molecule has 5 rings (SSSR count). The van der Waals surface area contributed by atoms with Gasteiger partial charge in [0.25, 0.3) is 0 Å². The summed E-state index contributed by atoms with van der Waals surface area (Å²) in [6, 6.07) is 0. The number of rotatable bonds is 1. The maximum Gasteiger partial charge on any atom is 0.312 e. The Morgan fingerprint density at radius 1 is 0.853 bits per heavy atom. The van der Waals surface area contributed by atoms with E-state index in [9.17, 15) is 20.1 Å². The Labute approximate surface area is 206 Å². The van der Waals surface area contributed by atoms with Gasteiger partial charge in [-0.1, -0.05) is 60.1 Å². The molecule has 5 aliphatic carbocycles. The van der Waals surface area contributed by atoms with Crippen LogP contribution in [0.15, 0.2) is 11.6 Å². The predicted octanol–water partition coefficient (Wildman–Crippen LogP) is 6.20. The Hall–Kier alpha value is -0.870. The molecular formula is C30H48O4. The molecule has 4 nitrogen and oxygen atoms in total. The Morgan fingerprint density at radius 2 is 1.53 bits per heavy atom. The average molecular weight is 473 g/mol. The molecule has 0 radical (unpaired) electrons. The maximum absolute atomic E-state index is 12.8. The van der Waals surface area contributed by atoms with Gasteiger partial charge < -0.3 is 15.3 Å². The van der Waals surface area contributed by atoms with Crippen LogP contribution in [0.25, 0.3) is 0 Å². The van der Waals surface area contributed by atoms with Crippen LogP contribution < -0.4 is 0 Å². The second kappa shape index (κ2) is 7.12. The van der Waals surface area contributed by atoms with Crippen LogP contribution in [0.5, 0.6) is 0 Å². The van der Waals surface area contributed by atoms with E-state index < -0.39 is 17.5 Å². The Bertz CT molecular complexity index is 919. The van der Waals surface area contributed by atoms with Crippen molar-refractivity contribution in [2.24, 2.45) is 50.2 Å². The van der Waals surface area contributed by atoms with Crippen molar-refractivity contribution in [2.75, 3.05) is 0 Å². The SMILES string of the molecule is CC1(C)CC[C@]2(C(=O)O)[C@H](O)C[C@]3(C)C(=CC[C@@H]4[C@]5(C)CC[C@H](O)C(C)(C)[C@@H]5CC[C@@]43C)[C@@H]2C1. The normalized spacial score (nSPS) is 53.4. The fourth-order valence-corrected chi connectivity index (χ4v) is 10.7. The third-order valence-electron chi connectivity index (χ3n) is 13.1. The summed E-state index contributed by atoms with van der Waals surface area (Å²) in [5, 5.41) is 33.1. The molecule has 0 aromatic rings. The lowest BCUT2D eigenvalue weighted by Gasteiger charge is -2.71. The summed E-state index contributed by atoms with van der Waals surface area (Å²) in [5.41, 5.74) is 0.295. The zero-order chi connectivity index (χ0) is 25.1. The average Bonchev–Trinajstić information content (AvgIpc) is 2.71. The number of carboxylic acids is 1. The fraction of sp³-hybridized carbons (Fsp3) is 0.900. The molecule has 4 saturated carbocycles. The van der Waals surface area contributed by atoms with E-state index >= 15 is 0 Å². The summed E-state index contributed by atoms with van der Waals surface area (Å²) in [6.45, 7) is 16.4. The summed E-state index contributed by atoms with van der Waals surface area (Å²) >= 11 is 0. The van der Waals surface area contributed by atoms with Crippen LogP contribution >= 0.6 is 0 Å². The van der Waals surface area contributed by atoms with E-state index in [0.717, 1.165) is 44.9 Å². The maximum atomic E-state index is 12.8. The third-order valence-corrected chi connectivity index (χ3v) is 13.1. The first kappa shape index (κ1) is 24.8. The third kappa shape index (κ3) is 2.82. The minimum absolute atomic E-state index is 0.0218. The van der Waals surface area contributed by atoms with Gasteiger partial charge in [-0.05, 0) is 103 Å². The molecule has 34 heavy (non-hydrogen) atoms. The second-order valence-electron chi connectivity index (χ2n) is 15.2. The van der Waals surface area contributed by atoms with Crippen molar-refractivity contribution >= 4 is 5.97 Å². The number of aliphatic carboxylic acids is 1. The predicted molar refractivity (Wildman–Crippen MR) is 134 cm³/mol. The molecule has 192 valence electrons. The Morgan fingerprint density at radius 3 is 2.18 bits per heavy atom. The van der Waals surface area contributed by atoms with Crippen LogP contribution in [-0.4, -0.2) is 33.5 Å². The molecular weight excluding hydrogens is 424 g/mol. The van der Waals surface area contributed by atoms with Gasteiger partial charge in [0.2, 0.25) is 0 Å². The second-order valence-corrected chi connectivity index (χ2v) is 15.2. The van der Waals surface area contributed by atoms with E-state index in [1.165, 1.54) is 5.57 Å². The smallest absolute Gasteiger partial charge is 0.312 e. The minimum atomic E-state index is -1.04. The van der Waals surface area contributed by atoms with Gasteiger partial charge in [-0.3, -0.25) is 4.79 Å². The van der Waals surface area contributed by atoms with E-state index in [4.69, 9.17) is 0 Å². The van der Waals surface area contributed by atoms with Crippen molar-refractivity contribution < 1.29 is 20.1 Å². The van der Waals surface area contributed by atoms with Gasteiger partial charge in [-0.2, -0.15) is 0 Å². The Balaban J connectivity index is 1.63. The lowest BCUT2D eigenvalue weighted by Crippen LogP contribution is -2.67. The van der Waals surface area contributed by atoms with Crippen LogP contribution in [0.1, 0.15) is 106 Å². The molecule has 0 heterocycles. The lowest BCUT2D eigenvalue weighted by molar-refractivity contribution is -0.218. The van der Waals surface area contributed by atoms with Crippen molar-refractivity contribution in [1.82, 2.24) is 0 Å². The highest BCUT2D eigenvalue weighted by molar-refractivity contribution is 5.77. The van der Waals surface area contributed by atoms with Crippen molar-refractivity contribution in [1.29, 1.82) is 0 Å². The quantitative estimate of drug-likeness (QED) is 0.397. The van der Waals surface area contributed by atoms with E-state index in [2.05, 4.69) is 54.5 Å². The highest BCUT2D eigenvalue weighted by atomic mass is 16.4. The van der Waals surface area contributed by atoms with Gasteiger partial charge in [-0.15, -0.1) is 0 Å². The summed E-state index contributed by atoms with van der Waals surface area (Å²) in [7, 11) is 0. The molecule has 9 atom stereocenters. The molecule has 0 amide bonds. The molecule has 0 bridgehead atoms. The summed E-state index contributed by atoms with van der Waals surface area (Å²) in [6.07, 6.45) is 9.35. The van der Waals surface area contributed by atoms with E-state index in [1.54, 1.807) is 0 Å². The van der Waals surface area contributed by atoms with Gasteiger partial charge in [0.15, 0.2) is 0 Å². The molecule has 4 heteroatoms. The molecule has 0 aromatic heterocycles. The fourth-order valence-electron chi connectivity index (χ4n) is 10.7. The highest BCUT2D eigenvalue weighted by Gasteiger charge is 2.71. The largest absolute Gasteiger partial charge is 0.481 e. The first-order valence-electron chi connectivity index (χ1n) is 13.9. The van der Waals surface area contributed by atoms with Crippen molar-refractivity contribution in [3.63, 3.8) is 0 Å². The first-order chi connectivity index (χ1) is 15.6. The van der Waals surface area contributed by atoms with Crippen LogP contribution in [0.2, 0.25) is 0 Å². The lowest BCUT2D eigenvalue weighted by atomic mass is 9.33. The van der Waals surface area contributed by atoms with Crippen LogP contribution in [0, 0.1) is 50.2 Å². The zero-order valence-corrected chi connectivity index (χ0v) is 22.6. The van der Waals surface area contributed by atoms with E-state index in [-0.39, 0.29) is 39.1 Å². The van der Waals surface area contributed by atoms with E-state index in [0.29, 0.717) is 24.7 Å². The van der Waals surface area contributed by atoms with Crippen molar-refractivity contribution in [2.45, 2.75) is 118 Å². The summed E-state index contributed by atoms with van der Waals surface area (Å²) in [5.74, 6) is 0.0888. The standard InChI is InChI=1S/C30H48O4/c1-25(2)14-15-30(24(33)34)19(16-25)18-8-9-21-27(5)12-11-22(31)26(3,4)20(27)10-13-28(21,6)29(18,7)17-23(30)32/h8,19-23,31-32H,9-17H2,1-7H3,(H,33,34)/t19-,20-,21+,22-,23+,27+,28-,29+,30+/m0/s1. The van der Waals surface area contributed by atoms with Gasteiger partial charge >= 0.3 is 5.97 Å². The van der Waals surface area contributed by atoms with Crippen LogP contribution in [0.4, 0.5) is 0 Å². The summed E-state index contributed by atoms with van der Waals surface area (Å²) in [4.78, 5) is 12.8. The highest BCUT2D eigenvalue weighted by Crippen LogP contribution is 2.75. The van der Waals surface area contributed by atoms with Gasteiger partial charge in [0.05, 0.1) is 12.2 Å². The molecule has 0 aromatic carbocycles. The number of aliphatic hydroxyl groups excluding tert-OH is 2.